The highest BCUT2D eigenvalue weighted by Crippen LogP contribution is 2.32. The third kappa shape index (κ3) is 5.86. The van der Waals surface area contributed by atoms with Gasteiger partial charge in [-0.15, -0.1) is 23.2 Å². The van der Waals surface area contributed by atoms with E-state index >= 15 is 0 Å². The maximum absolute atomic E-state index is 13.0. The Labute approximate surface area is 186 Å². The van der Waals surface area contributed by atoms with Gasteiger partial charge in [-0.1, -0.05) is 30.3 Å². The van der Waals surface area contributed by atoms with Crippen molar-refractivity contribution in [3.8, 4) is 0 Å². The molecule has 1 aliphatic carbocycles. The van der Waals surface area contributed by atoms with Crippen LogP contribution in [0.5, 0.6) is 0 Å². The minimum atomic E-state index is -1.25. The third-order valence-corrected chi connectivity index (χ3v) is 6.75. The molecule has 0 bridgehead atoms. The van der Waals surface area contributed by atoms with Crippen LogP contribution in [0.15, 0.2) is 30.3 Å². The maximum Gasteiger partial charge on any atom is 0.244 e. The van der Waals surface area contributed by atoms with Gasteiger partial charge in [-0.25, -0.2) is 0 Å². The van der Waals surface area contributed by atoms with Crippen molar-refractivity contribution in [1.82, 2.24) is 16.0 Å². The summed E-state index contributed by atoms with van der Waals surface area (Å²) < 4.78 is 0. The van der Waals surface area contributed by atoms with Gasteiger partial charge in [0.1, 0.15) is 6.04 Å². The Morgan fingerprint density at radius 1 is 1.13 bits per heavy atom. The number of carbonyl (C=O) groups excluding carboxylic acids is 2. The van der Waals surface area contributed by atoms with Crippen molar-refractivity contribution in [3.63, 3.8) is 0 Å². The molecule has 7 atom stereocenters. The molecule has 7 nitrogen and oxygen atoms in total. The first kappa shape index (κ1) is 23.3. The van der Waals surface area contributed by atoms with Crippen LogP contribution >= 0.6 is 23.2 Å². The normalized spacial score (nSPS) is 32.8. The molecule has 6 unspecified atom stereocenters. The van der Waals surface area contributed by atoms with Crippen LogP contribution in [-0.4, -0.2) is 63.7 Å². The molecule has 9 heteroatoms. The van der Waals surface area contributed by atoms with Gasteiger partial charge < -0.3 is 20.8 Å². The summed E-state index contributed by atoms with van der Waals surface area (Å²) in [6.07, 6.45) is 0.827. The predicted molar refractivity (Wildman–Crippen MR) is 115 cm³/mol. The van der Waals surface area contributed by atoms with E-state index in [-0.39, 0.29) is 18.5 Å². The Morgan fingerprint density at radius 2 is 1.87 bits per heavy atom. The fourth-order valence-electron chi connectivity index (χ4n) is 3.99. The van der Waals surface area contributed by atoms with Crippen LogP contribution in [0.2, 0.25) is 0 Å². The van der Waals surface area contributed by atoms with Crippen LogP contribution in [0.1, 0.15) is 31.2 Å². The molecule has 2 amide bonds. The van der Waals surface area contributed by atoms with Gasteiger partial charge in [-0.3, -0.25) is 14.9 Å². The molecule has 30 heavy (non-hydrogen) atoms. The van der Waals surface area contributed by atoms with Crippen LogP contribution < -0.4 is 16.0 Å². The number of alkyl halides is 2. The standard InChI is InChI=1S/C21H29Cl2N3O4/c22-14-11-13(18(27)17(23)19(14)28)20(29)25-15(10-12-6-2-1-3-7-12)21(30)26-16-8-4-5-9-24-16/h1-3,6-7,13-19,24,27-28H,4-5,8-11H2,(H,25,29)(H,26,30)/t13?,14?,15-,16?,17?,18?,19?/m1/s1. The summed E-state index contributed by atoms with van der Waals surface area (Å²) in [6, 6.07) is 8.59. The minimum absolute atomic E-state index is 0.0722. The van der Waals surface area contributed by atoms with Gasteiger partial charge in [0, 0.05) is 6.42 Å². The number of piperidine rings is 1. The van der Waals surface area contributed by atoms with Crippen molar-refractivity contribution in [2.45, 2.75) is 67.3 Å². The number of hydrogen-bond donors (Lipinski definition) is 5. The fraction of sp³-hybridized carbons (Fsp3) is 0.619. The van der Waals surface area contributed by atoms with Crippen molar-refractivity contribution in [3.05, 3.63) is 35.9 Å². The van der Waals surface area contributed by atoms with Crippen molar-refractivity contribution >= 4 is 35.0 Å². The van der Waals surface area contributed by atoms with Crippen LogP contribution in [0.25, 0.3) is 0 Å². The van der Waals surface area contributed by atoms with E-state index in [1.807, 2.05) is 30.3 Å². The lowest BCUT2D eigenvalue weighted by Crippen LogP contribution is -2.58. The number of benzene rings is 1. The molecule has 1 aromatic carbocycles. The van der Waals surface area contributed by atoms with Crippen LogP contribution in [0, 0.1) is 5.92 Å². The molecule has 1 aliphatic heterocycles. The molecule has 2 aliphatic rings. The zero-order valence-electron chi connectivity index (χ0n) is 16.6. The number of nitrogens with one attached hydrogen (secondary N) is 3. The second-order valence-electron chi connectivity index (χ2n) is 8.05. The van der Waals surface area contributed by atoms with Gasteiger partial charge in [-0.2, -0.15) is 0 Å². The van der Waals surface area contributed by atoms with Crippen molar-refractivity contribution in [2.75, 3.05) is 6.54 Å². The molecule has 1 heterocycles. The summed E-state index contributed by atoms with van der Waals surface area (Å²) in [4.78, 5) is 25.9. The Bertz CT molecular complexity index is 717. The van der Waals surface area contributed by atoms with E-state index in [4.69, 9.17) is 23.2 Å². The zero-order valence-corrected chi connectivity index (χ0v) is 18.1. The summed E-state index contributed by atoms with van der Waals surface area (Å²) >= 11 is 12.2. The third-order valence-electron chi connectivity index (χ3n) is 5.79. The van der Waals surface area contributed by atoms with Gasteiger partial charge in [0.2, 0.25) is 11.8 Å². The van der Waals surface area contributed by atoms with E-state index < -0.39 is 40.8 Å². The molecule has 2 fully saturated rings. The molecule has 5 N–H and O–H groups in total. The molecule has 1 saturated heterocycles. The second-order valence-corrected chi connectivity index (χ2v) is 9.11. The van der Waals surface area contributed by atoms with Gasteiger partial charge >= 0.3 is 0 Å². The summed E-state index contributed by atoms with van der Waals surface area (Å²) in [5.41, 5.74) is 0.902. The summed E-state index contributed by atoms with van der Waals surface area (Å²) in [5.74, 6) is -1.70. The van der Waals surface area contributed by atoms with E-state index in [2.05, 4.69) is 16.0 Å². The molecule has 0 aromatic heterocycles. The highest BCUT2D eigenvalue weighted by molar-refractivity contribution is 6.25. The molecule has 1 saturated carbocycles. The number of aliphatic hydroxyl groups is 2. The molecule has 3 rings (SSSR count). The number of halogens is 2. The Morgan fingerprint density at radius 3 is 2.53 bits per heavy atom. The van der Waals surface area contributed by atoms with Crippen molar-refractivity contribution in [1.29, 1.82) is 0 Å². The van der Waals surface area contributed by atoms with Crippen LogP contribution in [0.4, 0.5) is 0 Å². The van der Waals surface area contributed by atoms with E-state index in [1.165, 1.54) is 0 Å². The predicted octanol–water partition coefficient (Wildman–Crippen LogP) is 0.886. The lowest BCUT2D eigenvalue weighted by Gasteiger charge is -2.37. The summed E-state index contributed by atoms with van der Waals surface area (Å²) in [5, 5.41) is 27.5. The Kier molecular flexibility index (Phi) is 8.36. The fourth-order valence-corrected chi connectivity index (χ4v) is 4.77. The Balaban J connectivity index is 1.70. The first-order valence-corrected chi connectivity index (χ1v) is 11.3. The van der Waals surface area contributed by atoms with E-state index in [0.717, 1.165) is 31.4 Å². The number of hydrogen-bond acceptors (Lipinski definition) is 5. The average Bonchev–Trinajstić information content (AvgIpc) is 2.75. The molecular formula is C21H29Cl2N3O4. The summed E-state index contributed by atoms with van der Waals surface area (Å²) in [6.45, 7) is 0.839. The zero-order chi connectivity index (χ0) is 21.7. The minimum Gasteiger partial charge on any atom is -0.391 e. The van der Waals surface area contributed by atoms with E-state index in [0.29, 0.717) is 6.42 Å². The Hall–Kier alpha value is -1.38. The number of rotatable bonds is 6. The summed E-state index contributed by atoms with van der Waals surface area (Å²) in [7, 11) is 0. The quantitative estimate of drug-likeness (QED) is 0.407. The molecule has 1 aromatic rings. The highest BCUT2D eigenvalue weighted by atomic mass is 35.5. The largest absolute Gasteiger partial charge is 0.391 e. The first-order valence-electron chi connectivity index (χ1n) is 10.4. The molecule has 0 spiro atoms. The monoisotopic (exact) mass is 457 g/mol. The maximum atomic E-state index is 13.0. The van der Waals surface area contributed by atoms with E-state index in [9.17, 15) is 19.8 Å². The van der Waals surface area contributed by atoms with Crippen molar-refractivity contribution < 1.29 is 19.8 Å². The molecular weight excluding hydrogens is 429 g/mol. The molecule has 0 radical (unpaired) electrons. The SMILES string of the molecule is O=C(N[C@H](Cc1ccccc1)C(=O)NC1CCCCN1)C1CC(Cl)C(O)C(Cl)C1O. The topological polar surface area (TPSA) is 111 Å². The van der Waals surface area contributed by atoms with Crippen LogP contribution in [0.3, 0.4) is 0 Å². The van der Waals surface area contributed by atoms with Crippen molar-refractivity contribution in [2.24, 2.45) is 5.92 Å². The lowest BCUT2D eigenvalue weighted by atomic mass is 9.83. The smallest absolute Gasteiger partial charge is 0.244 e. The first-order chi connectivity index (χ1) is 14.4. The van der Waals surface area contributed by atoms with Gasteiger partial charge in [0.15, 0.2) is 0 Å². The van der Waals surface area contributed by atoms with E-state index in [1.54, 1.807) is 0 Å². The van der Waals surface area contributed by atoms with Gasteiger partial charge in [0.05, 0.1) is 35.0 Å². The highest BCUT2D eigenvalue weighted by Gasteiger charge is 2.45. The van der Waals surface area contributed by atoms with Crippen LogP contribution in [-0.2, 0) is 16.0 Å². The lowest BCUT2D eigenvalue weighted by molar-refractivity contribution is -0.136. The number of amides is 2. The second kappa shape index (κ2) is 10.8. The van der Waals surface area contributed by atoms with Gasteiger partial charge in [-0.05, 0) is 37.8 Å². The number of aliphatic hydroxyl groups excluding tert-OH is 2. The number of carbonyl (C=O) groups is 2. The molecule has 166 valence electrons. The average molecular weight is 458 g/mol. The van der Waals surface area contributed by atoms with Gasteiger partial charge in [0.25, 0.3) is 0 Å².